The largest absolute Gasteiger partial charge is 0.461 e. The third-order valence-corrected chi connectivity index (χ3v) is 8.45. The predicted octanol–water partition coefficient (Wildman–Crippen LogP) is 9.92. The molecule has 0 rings (SSSR count). The van der Waals surface area contributed by atoms with Gasteiger partial charge in [0.15, 0.2) is 0 Å². The molecule has 0 saturated heterocycles. The van der Waals surface area contributed by atoms with E-state index in [0.717, 1.165) is 57.5 Å². The van der Waals surface area contributed by atoms with Crippen molar-refractivity contribution >= 4 is 11.9 Å². The second kappa shape index (κ2) is 33.7. The lowest BCUT2D eigenvalue weighted by Crippen LogP contribution is -2.32. The van der Waals surface area contributed by atoms with Crippen LogP contribution in [-0.4, -0.2) is 75.7 Å². The Kier molecular flexibility index (Phi) is 32.5. The van der Waals surface area contributed by atoms with Crippen LogP contribution in [0.1, 0.15) is 155 Å². The Morgan fingerprint density at radius 1 is 0.556 bits per heavy atom. The van der Waals surface area contributed by atoms with E-state index in [0.29, 0.717) is 26.1 Å². The van der Waals surface area contributed by atoms with E-state index in [1.807, 2.05) is 12.2 Å². The first-order chi connectivity index (χ1) is 21.9. The fourth-order valence-electron chi connectivity index (χ4n) is 5.50. The highest BCUT2D eigenvalue weighted by Crippen LogP contribution is 2.20. The molecular weight excluding hydrogens is 560 g/mol. The summed E-state index contributed by atoms with van der Waals surface area (Å²) in [4.78, 5) is 28.7. The standard InChI is InChI=1S/C39H74N2O4/c1-6-8-10-12-13-21-27-35-45-39(43)31-25-19-15-17-23-29-37(36-41(5)33-32-40(3)4)28-22-16-14-18-24-30-38(42)44-34-26-20-11-9-7-2/h20-21,26-27,37H,6-19,22-25,28-36H2,1-5H3/b26-20+,27-21+. The van der Waals surface area contributed by atoms with Crippen LogP contribution in [0.4, 0.5) is 0 Å². The maximum atomic E-state index is 12.0. The van der Waals surface area contributed by atoms with Crippen LogP contribution in [0.3, 0.4) is 0 Å². The zero-order valence-corrected chi connectivity index (χ0v) is 30.5. The van der Waals surface area contributed by atoms with Gasteiger partial charge in [-0.1, -0.05) is 122 Å². The highest BCUT2D eigenvalue weighted by atomic mass is 16.5. The molecule has 0 aliphatic carbocycles. The van der Waals surface area contributed by atoms with Crippen molar-refractivity contribution in [1.29, 1.82) is 0 Å². The molecule has 0 aromatic heterocycles. The number of allylic oxidation sites excluding steroid dienone is 2. The maximum Gasteiger partial charge on any atom is 0.306 e. The molecule has 45 heavy (non-hydrogen) atoms. The normalized spacial score (nSPS) is 12.6. The number of rotatable bonds is 33. The highest BCUT2D eigenvalue weighted by Gasteiger charge is 2.12. The third kappa shape index (κ3) is 33.5. The van der Waals surface area contributed by atoms with Gasteiger partial charge >= 0.3 is 11.9 Å². The van der Waals surface area contributed by atoms with Crippen molar-refractivity contribution in [3.63, 3.8) is 0 Å². The summed E-state index contributed by atoms with van der Waals surface area (Å²) in [6.07, 6.45) is 33.0. The van der Waals surface area contributed by atoms with Crippen LogP contribution in [0.2, 0.25) is 0 Å². The van der Waals surface area contributed by atoms with Gasteiger partial charge in [0.1, 0.15) is 13.2 Å². The molecule has 1 atom stereocenters. The number of unbranched alkanes of at least 4 members (excludes halogenated alkanes) is 14. The molecule has 6 heteroatoms. The molecule has 0 heterocycles. The van der Waals surface area contributed by atoms with Gasteiger partial charge in [-0.25, -0.2) is 0 Å². The van der Waals surface area contributed by atoms with Gasteiger partial charge in [-0.3, -0.25) is 9.59 Å². The number of ether oxygens (including phenoxy) is 2. The van der Waals surface area contributed by atoms with E-state index in [-0.39, 0.29) is 11.9 Å². The lowest BCUT2D eigenvalue weighted by Gasteiger charge is -2.25. The van der Waals surface area contributed by atoms with Crippen molar-refractivity contribution in [2.75, 3.05) is 54.0 Å². The predicted molar refractivity (Wildman–Crippen MR) is 193 cm³/mol. The van der Waals surface area contributed by atoms with E-state index in [2.05, 4.69) is 56.9 Å². The maximum absolute atomic E-state index is 12.0. The molecule has 0 bridgehead atoms. The Hall–Kier alpha value is -1.66. The summed E-state index contributed by atoms with van der Waals surface area (Å²) in [5.74, 6) is 0.622. The number of likely N-dealkylation sites (N-methyl/N-ethyl adjacent to an activating group) is 2. The molecular formula is C39H74N2O4. The van der Waals surface area contributed by atoms with Crippen LogP contribution in [0.25, 0.3) is 0 Å². The van der Waals surface area contributed by atoms with Crippen molar-refractivity contribution in [3.8, 4) is 0 Å². The van der Waals surface area contributed by atoms with Gasteiger partial charge in [-0.15, -0.1) is 0 Å². The van der Waals surface area contributed by atoms with Crippen LogP contribution in [0, 0.1) is 5.92 Å². The number of esters is 2. The molecule has 0 amide bonds. The zero-order valence-electron chi connectivity index (χ0n) is 30.5. The summed E-state index contributed by atoms with van der Waals surface area (Å²) in [6, 6.07) is 0. The third-order valence-electron chi connectivity index (χ3n) is 8.45. The molecule has 0 aromatic rings. The number of hydrogen-bond donors (Lipinski definition) is 0. The van der Waals surface area contributed by atoms with Crippen LogP contribution >= 0.6 is 0 Å². The topological polar surface area (TPSA) is 59.1 Å². The minimum absolute atomic E-state index is 0.0583. The molecule has 0 radical (unpaired) electrons. The van der Waals surface area contributed by atoms with Crippen LogP contribution in [0.5, 0.6) is 0 Å². The average Bonchev–Trinajstić information content (AvgIpc) is 3.01. The minimum atomic E-state index is -0.0628. The summed E-state index contributed by atoms with van der Waals surface area (Å²) in [7, 11) is 6.55. The average molecular weight is 635 g/mol. The first-order valence-electron chi connectivity index (χ1n) is 18.8. The van der Waals surface area contributed by atoms with Crippen molar-refractivity contribution in [2.45, 2.75) is 155 Å². The minimum Gasteiger partial charge on any atom is -0.461 e. The summed E-state index contributed by atoms with van der Waals surface area (Å²) >= 11 is 0. The first kappa shape index (κ1) is 43.3. The molecule has 0 saturated carbocycles. The van der Waals surface area contributed by atoms with Gasteiger partial charge in [0.25, 0.3) is 0 Å². The zero-order chi connectivity index (χ0) is 33.2. The van der Waals surface area contributed by atoms with Gasteiger partial charge in [-0.05, 0) is 72.0 Å². The van der Waals surface area contributed by atoms with E-state index >= 15 is 0 Å². The molecule has 0 aliphatic heterocycles. The quantitative estimate of drug-likeness (QED) is 0.0407. The second-order valence-corrected chi connectivity index (χ2v) is 13.3. The van der Waals surface area contributed by atoms with E-state index in [1.165, 1.54) is 96.4 Å². The van der Waals surface area contributed by atoms with Gasteiger partial charge in [0, 0.05) is 32.5 Å². The monoisotopic (exact) mass is 635 g/mol. The van der Waals surface area contributed by atoms with E-state index in [4.69, 9.17) is 9.47 Å². The Morgan fingerprint density at radius 3 is 1.53 bits per heavy atom. The van der Waals surface area contributed by atoms with Crippen molar-refractivity contribution in [2.24, 2.45) is 5.92 Å². The number of carbonyl (C=O) groups excluding carboxylic acids is 2. The molecule has 0 N–H and O–H groups in total. The smallest absolute Gasteiger partial charge is 0.306 e. The van der Waals surface area contributed by atoms with Crippen LogP contribution < -0.4 is 0 Å². The molecule has 0 spiro atoms. The Morgan fingerprint density at radius 2 is 1.02 bits per heavy atom. The molecule has 264 valence electrons. The van der Waals surface area contributed by atoms with Gasteiger partial charge in [0.05, 0.1) is 0 Å². The van der Waals surface area contributed by atoms with Gasteiger partial charge in [-0.2, -0.15) is 0 Å². The van der Waals surface area contributed by atoms with E-state index in [1.54, 1.807) is 0 Å². The number of carbonyl (C=O) groups is 2. The number of nitrogens with zero attached hydrogens (tertiary/aromatic N) is 2. The van der Waals surface area contributed by atoms with Crippen molar-refractivity contribution in [1.82, 2.24) is 9.80 Å². The van der Waals surface area contributed by atoms with Gasteiger partial charge in [0.2, 0.25) is 0 Å². The SMILES string of the molecule is CCCC/C=C/COC(=O)CCCCCCCC(CCCCCCCC(=O)OC/C=C/CCCCCC)CN(C)CCN(C)C. The summed E-state index contributed by atoms with van der Waals surface area (Å²) in [6.45, 7) is 8.62. The number of hydrogen-bond acceptors (Lipinski definition) is 6. The van der Waals surface area contributed by atoms with Crippen molar-refractivity contribution in [3.05, 3.63) is 24.3 Å². The summed E-state index contributed by atoms with van der Waals surface area (Å²) in [5, 5.41) is 0. The Labute approximate surface area is 279 Å². The molecule has 0 fully saturated rings. The van der Waals surface area contributed by atoms with E-state index in [9.17, 15) is 9.59 Å². The summed E-state index contributed by atoms with van der Waals surface area (Å²) in [5.41, 5.74) is 0. The summed E-state index contributed by atoms with van der Waals surface area (Å²) < 4.78 is 10.7. The van der Waals surface area contributed by atoms with Crippen LogP contribution in [-0.2, 0) is 19.1 Å². The fraction of sp³-hybridized carbons (Fsp3) is 0.846. The van der Waals surface area contributed by atoms with Gasteiger partial charge < -0.3 is 19.3 Å². The van der Waals surface area contributed by atoms with E-state index < -0.39 is 0 Å². The molecule has 1 unspecified atom stereocenters. The lowest BCUT2D eigenvalue weighted by atomic mass is 9.93. The Bertz CT molecular complexity index is 722. The van der Waals surface area contributed by atoms with Crippen molar-refractivity contribution < 1.29 is 19.1 Å². The lowest BCUT2D eigenvalue weighted by molar-refractivity contribution is -0.143. The second-order valence-electron chi connectivity index (χ2n) is 13.3. The fourth-order valence-corrected chi connectivity index (χ4v) is 5.50. The first-order valence-corrected chi connectivity index (χ1v) is 18.8. The highest BCUT2D eigenvalue weighted by molar-refractivity contribution is 5.69. The Balaban J connectivity index is 4.06. The molecule has 0 aliphatic rings. The molecule has 6 nitrogen and oxygen atoms in total. The molecule has 0 aromatic carbocycles. The van der Waals surface area contributed by atoms with Crippen LogP contribution in [0.15, 0.2) is 24.3 Å².